The molecule has 0 aliphatic carbocycles. The molecule has 9 heteroatoms. The fourth-order valence-corrected chi connectivity index (χ4v) is 6.65. The number of rotatable bonds is 6. The summed E-state index contributed by atoms with van der Waals surface area (Å²) < 4.78 is 12.1. The lowest BCUT2D eigenvalue weighted by Gasteiger charge is -2.32. The Morgan fingerprint density at radius 2 is 2.15 bits per heavy atom. The standard InChI is InChI=1S/C25H24BrN3O5/c1-3-12-34-22-17(26)13-15(14-20(22)33-4-2)21-19-10-7-11-28(19)25(23(21)29(31)32)16-8-5-6-9-18(16)27-24(25)30/h1,5-6,8-9,13-14,19,21,23H,4,7,10-12H2,2H3,(H,27,30)/t19-,21+,23+,25+/m0/s1. The normalized spacial score (nSPS) is 27.2. The van der Waals surface area contributed by atoms with Gasteiger partial charge in [0.15, 0.2) is 17.0 Å². The number of nitrogens with one attached hydrogen (secondary N) is 1. The summed E-state index contributed by atoms with van der Waals surface area (Å²) in [5, 5.41) is 15.7. The van der Waals surface area contributed by atoms with Crippen LogP contribution in [0.4, 0.5) is 5.69 Å². The van der Waals surface area contributed by atoms with E-state index in [-0.39, 0.29) is 23.5 Å². The number of amides is 1. The van der Waals surface area contributed by atoms with E-state index >= 15 is 0 Å². The molecule has 34 heavy (non-hydrogen) atoms. The molecule has 176 valence electrons. The molecule has 0 aromatic heterocycles. The first-order valence-corrected chi connectivity index (χ1v) is 12.1. The Bertz CT molecular complexity index is 1210. The van der Waals surface area contributed by atoms with E-state index in [9.17, 15) is 14.9 Å². The quantitative estimate of drug-likeness (QED) is 0.349. The Balaban J connectivity index is 1.70. The van der Waals surface area contributed by atoms with Gasteiger partial charge >= 0.3 is 0 Å². The van der Waals surface area contributed by atoms with Gasteiger partial charge in [0.25, 0.3) is 11.9 Å². The zero-order chi connectivity index (χ0) is 24.0. The van der Waals surface area contributed by atoms with Gasteiger partial charge in [0.05, 0.1) is 17.0 Å². The molecule has 2 aromatic rings. The number of hydrogen-bond acceptors (Lipinski definition) is 6. The number of halogens is 1. The van der Waals surface area contributed by atoms with Crippen molar-refractivity contribution in [1.29, 1.82) is 0 Å². The minimum Gasteiger partial charge on any atom is -0.490 e. The number of hydrogen-bond donors (Lipinski definition) is 1. The van der Waals surface area contributed by atoms with Gasteiger partial charge in [-0.15, -0.1) is 6.42 Å². The van der Waals surface area contributed by atoms with Gasteiger partial charge in [-0.05, 0) is 59.5 Å². The summed E-state index contributed by atoms with van der Waals surface area (Å²) >= 11 is 3.55. The van der Waals surface area contributed by atoms with Gasteiger partial charge in [-0.3, -0.25) is 19.8 Å². The minimum absolute atomic E-state index is 0.0649. The lowest BCUT2D eigenvalue weighted by molar-refractivity contribution is -0.534. The van der Waals surface area contributed by atoms with Crippen LogP contribution < -0.4 is 14.8 Å². The van der Waals surface area contributed by atoms with Crippen LogP contribution in [0.25, 0.3) is 0 Å². The molecule has 5 rings (SSSR count). The smallest absolute Gasteiger partial charge is 0.256 e. The topological polar surface area (TPSA) is 93.9 Å². The number of carbonyl (C=O) groups is 1. The third kappa shape index (κ3) is 3.12. The molecule has 0 saturated carbocycles. The van der Waals surface area contributed by atoms with Crippen LogP contribution in [0.1, 0.15) is 36.8 Å². The van der Waals surface area contributed by atoms with Crippen molar-refractivity contribution in [2.24, 2.45) is 0 Å². The van der Waals surface area contributed by atoms with E-state index in [2.05, 4.69) is 32.1 Å². The van der Waals surface area contributed by atoms with Gasteiger partial charge < -0.3 is 14.8 Å². The fraction of sp³-hybridized carbons (Fsp3) is 0.400. The summed E-state index contributed by atoms with van der Waals surface area (Å²) in [4.78, 5) is 28.1. The monoisotopic (exact) mass is 525 g/mol. The van der Waals surface area contributed by atoms with Gasteiger partial charge in [0.1, 0.15) is 6.61 Å². The molecule has 0 bridgehead atoms. The molecule has 1 spiro atoms. The van der Waals surface area contributed by atoms with Crippen molar-refractivity contribution in [2.75, 3.05) is 25.1 Å². The van der Waals surface area contributed by atoms with Gasteiger partial charge in [0, 0.05) is 28.8 Å². The predicted molar refractivity (Wildman–Crippen MR) is 130 cm³/mol. The molecule has 1 N–H and O–H groups in total. The third-order valence-corrected chi connectivity index (χ3v) is 7.70. The molecule has 3 aliphatic heterocycles. The molecular weight excluding hydrogens is 502 g/mol. The molecule has 3 heterocycles. The van der Waals surface area contributed by atoms with Crippen molar-refractivity contribution in [3.05, 3.63) is 62.1 Å². The Morgan fingerprint density at radius 1 is 1.35 bits per heavy atom. The fourth-order valence-electron chi connectivity index (χ4n) is 6.07. The summed E-state index contributed by atoms with van der Waals surface area (Å²) in [6.45, 7) is 2.93. The highest BCUT2D eigenvalue weighted by atomic mass is 79.9. The van der Waals surface area contributed by atoms with Gasteiger partial charge in [0.2, 0.25) is 0 Å². The average Bonchev–Trinajstić information content (AvgIpc) is 3.46. The molecular formula is C25H24BrN3O5. The van der Waals surface area contributed by atoms with Crippen LogP contribution in [-0.2, 0) is 10.3 Å². The molecule has 0 unspecified atom stereocenters. The number of nitrogens with zero attached hydrogens (tertiary/aromatic N) is 2. The molecule has 1 amide bonds. The average molecular weight is 526 g/mol. The van der Waals surface area contributed by atoms with Crippen molar-refractivity contribution in [1.82, 2.24) is 4.90 Å². The number of benzene rings is 2. The van der Waals surface area contributed by atoms with Crippen LogP contribution in [0, 0.1) is 22.5 Å². The molecule has 0 radical (unpaired) electrons. The van der Waals surface area contributed by atoms with E-state index in [1.807, 2.05) is 31.2 Å². The molecule has 2 saturated heterocycles. The van der Waals surface area contributed by atoms with Crippen molar-refractivity contribution in [3.8, 4) is 23.8 Å². The van der Waals surface area contributed by atoms with Gasteiger partial charge in [-0.2, -0.15) is 0 Å². The number of ether oxygens (including phenoxy) is 2. The number of anilines is 1. The maximum atomic E-state index is 13.6. The Kier molecular flexibility index (Phi) is 5.74. The Hall–Kier alpha value is -3.09. The van der Waals surface area contributed by atoms with Crippen LogP contribution in [0.5, 0.6) is 11.5 Å². The second-order valence-electron chi connectivity index (χ2n) is 8.68. The van der Waals surface area contributed by atoms with Crippen molar-refractivity contribution in [3.63, 3.8) is 0 Å². The maximum Gasteiger partial charge on any atom is 0.256 e. The van der Waals surface area contributed by atoms with Crippen LogP contribution in [0.2, 0.25) is 0 Å². The zero-order valence-electron chi connectivity index (χ0n) is 18.6. The summed E-state index contributed by atoms with van der Waals surface area (Å²) in [6, 6.07) is 9.61. The first-order valence-electron chi connectivity index (χ1n) is 11.3. The largest absolute Gasteiger partial charge is 0.490 e. The minimum atomic E-state index is -1.36. The van der Waals surface area contributed by atoms with Crippen molar-refractivity contribution < 1.29 is 19.2 Å². The van der Waals surface area contributed by atoms with E-state index in [1.54, 1.807) is 12.1 Å². The number of nitro groups is 1. The van der Waals surface area contributed by atoms with Crippen molar-refractivity contribution >= 4 is 27.5 Å². The number of para-hydroxylation sites is 1. The van der Waals surface area contributed by atoms with Gasteiger partial charge in [-0.25, -0.2) is 0 Å². The molecule has 2 aromatic carbocycles. The Morgan fingerprint density at radius 3 is 2.88 bits per heavy atom. The van der Waals surface area contributed by atoms with Crippen LogP contribution in [-0.4, -0.2) is 47.6 Å². The van der Waals surface area contributed by atoms with E-state index < -0.39 is 17.5 Å². The SMILES string of the molecule is C#CCOc1c(Br)cc([C@@H]2[C@@H]3CCCN3[C@@]3(C(=O)Nc4ccccc43)[C@@H]2[N+](=O)[O-])cc1OCC. The highest BCUT2D eigenvalue weighted by molar-refractivity contribution is 9.10. The zero-order valence-corrected chi connectivity index (χ0v) is 20.2. The second kappa shape index (κ2) is 8.60. The summed E-state index contributed by atoms with van der Waals surface area (Å²) in [7, 11) is 0. The molecule has 3 aliphatic rings. The van der Waals surface area contributed by atoms with Crippen molar-refractivity contribution in [2.45, 2.75) is 43.3 Å². The first kappa shape index (κ1) is 22.7. The molecule has 4 atom stereocenters. The first-order chi connectivity index (χ1) is 16.4. The number of fused-ring (bicyclic) bond motifs is 4. The lowest BCUT2D eigenvalue weighted by atomic mass is 9.77. The molecule has 8 nitrogen and oxygen atoms in total. The molecule has 2 fully saturated rings. The highest BCUT2D eigenvalue weighted by Crippen LogP contribution is 2.58. The Labute approximate surface area is 205 Å². The second-order valence-corrected chi connectivity index (χ2v) is 9.54. The third-order valence-electron chi connectivity index (χ3n) is 7.11. The van der Waals surface area contributed by atoms with E-state index in [4.69, 9.17) is 15.9 Å². The summed E-state index contributed by atoms with van der Waals surface area (Å²) in [5.41, 5.74) is 0.688. The highest BCUT2D eigenvalue weighted by Gasteiger charge is 2.73. The van der Waals surface area contributed by atoms with E-state index in [1.165, 1.54) is 0 Å². The summed E-state index contributed by atoms with van der Waals surface area (Å²) in [6.07, 6.45) is 6.99. The van der Waals surface area contributed by atoms with Crippen LogP contribution in [0.15, 0.2) is 40.9 Å². The van der Waals surface area contributed by atoms with Crippen LogP contribution in [0.3, 0.4) is 0 Å². The number of terminal acetylenes is 1. The number of carbonyl (C=O) groups excluding carboxylic acids is 1. The van der Waals surface area contributed by atoms with Crippen LogP contribution >= 0.6 is 15.9 Å². The predicted octanol–water partition coefficient (Wildman–Crippen LogP) is 3.91. The van der Waals surface area contributed by atoms with E-state index in [0.29, 0.717) is 40.4 Å². The van der Waals surface area contributed by atoms with Gasteiger partial charge in [-0.1, -0.05) is 24.1 Å². The lowest BCUT2D eigenvalue weighted by Crippen LogP contribution is -2.55. The summed E-state index contributed by atoms with van der Waals surface area (Å²) in [5.74, 6) is 2.51. The maximum absolute atomic E-state index is 13.6. The van der Waals surface area contributed by atoms with E-state index in [0.717, 1.165) is 18.4 Å².